The number of likely N-dealkylation sites (N-methyl/N-ethyl adjacent to an activating group) is 1. The summed E-state index contributed by atoms with van der Waals surface area (Å²) in [5.41, 5.74) is -2.75. The van der Waals surface area contributed by atoms with Crippen LogP contribution in [0.4, 0.5) is 13.6 Å². The molecule has 2 amide bonds. The normalized spacial score (nSPS) is 23.4. The largest absolute Gasteiger partial charge is 0.511 e. The molecule has 1 fully saturated rings. The zero-order chi connectivity index (χ0) is 33.4. The van der Waals surface area contributed by atoms with E-state index in [9.17, 15) is 28.0 Å². The Labute approximate surface area is 264 Å². The number of hydrogen-bond donors (Lipinski definition) is 1. The fourth-order valence-electron chi connectivity index (χ4n) is 6.17. The van der Waals surface area contributed by atoms with Crippen LogP contribution in [-0.4, -0.2) is 90.3 Å². The molecule has 1 saturated heterocycles. The van der Waals surface area contributed by atoms with Crippen molar-refractivity contribution >= 4 is 23.7 Å². The Kier molecular flexibility index (Phi) is 9.07. The van der Waals surface area contributed by atoms with Gasteiger partial charge < -0.3 is 38.7 Å². The summed E-state index contributed by atoms with van der Waals surface area (Å²) in [6.45, 7) is 5.12. The van der Waals surface area contributed by atoms with Crippen molar-refractivity contribution in [1.29, 1.82) is 0 Å². The van der Waals surface area contributed by atoms with Crippen molar-refractivity contribution in [3.05, 3.63) is 63.1 Å². The number of nitrogens with one attached hydrogen (secondary N) is 1. The maximum absolute atomic E-state index is 14.3. The molecule has 46 heavy (non-hydrogen) atoms. The smallest absolute Gasteiger partial charge is 0.451 e. The minimum Gasteiger partial charge on any atom is -0.451 e. The molecule has 3 aliphatic rings. The van der Waals surface area contributed by atoms with Crippen LogP contribution in [0.3, 0.4) is 0 Å². The highest BCUT2D eigenvalue weighted by Gasteiger charge is 2.61. The van der Waals surface area contributed by atoms with Gasteiger partial charge in [0.2, 0.25) is 18.0 Å². The summed E-state index contributed by atoms with van der Waals surface area (Å²) in [5.74, 6) is -3.58. The molecule has 3 atom stereocenters. The standard InChI is InChI=1S/C31H37F2N5O8/c1-18-13-31(46-35-18)9-8-19(2)37-16-30(31,3)38-15-22(27(40)34-14-20-6-7-21(32)12-23(20)33)25(39)26(24(38)28(37)41)44-17-45-29(42)43-11-10-36(4)5/h6-7,12,15,19H,8-11,13-14,16-17H2,1-5H3,(H,34,40)/t19-,30+,31-/m0/s1. The van der Waals surface area contributed by atoms with Crippen molar-refractivity contribution in [1.82, 2.24) is 19.7 Å². The van der Waals surface area contributed by atoms with Crippen molar-refractivity contribution in [2.75, 3.05) is 40.6 Å². The van der Waals surface area contributed by atoms with Gasteiger partial charge in [-0.1, -0.05) is 11.2 Å². The molecule has 0 aliphatic carbocycles. The van der Waals surface area contributed by atoms with Gasteiger partial charge in [0.1, 0.15) is 29.3 Å². The summed E-state index contributed by atoms with van der Waals surface area (Å²) < 4.78 is 44.9. The lowest BCUT2D eigenvalue weighted by Crippen LogP contribution is -2.63. The number of pyridine rings is 1. The molecule has 0 saturated carbocycles. The van der Waals surface area contributed by atoms with Crippen LogP contribution < -0.4 is 15.5 Å². The molecule has 2 bridgehead atoms. The Morgan fingerprint density at radius 3 is 2.65 bits per heavy atom. The van der Waals surface area contributed by atoms with Gasteiger partial charge in [-0.25, -0.2) is 13.6 Å². The molecule has 15 heteroatoms. The van der Waals surface area contributed by atoms with E-state index in [1.807, 2.05) is 20.8 Å². The van der Waals surface area contributed by atoms with E-state index in [1.54, 1.807) is 23.9 Å². The van der Waals surface area contributed by atoms with Gasteiger partial charge in [-0.2, -0.15) is 0 Å². The second-order valence-electron chi connectivity index (χ2n) is 12.3. The molecule has 4 heterocycles. The molecule has 0 unspecified atom stereocenters. The number of ether oxygens (including phenoxy) is 3. The van der Waals surface area contributed by atoms with Crippen LogP contribution in [0.1, 0.15) is 66.4 Å². The van der Waals surface area contributed by atoms with Crippen molar-refractivity contribution in [2.45, 2.75) is 63.8 Å². The third kappa shape index (κ3) is 6.02. The molecule has 13 nitrogen and oxygen atoms in total. The zero-order valence-corrected chi connectivity index (χ0v) is 26.4. The zero-order valence-electron chi connectivity index (χ0n) is 26.4. The average Bonchev–Trinajstić information content (AvgIpc) is 3.35. The Morgan fingerprint density at radius 2 is 1.98 bits per heavy atom. The summed E-state index contributed by atoms with van der Waals surface area (Å²) in [7, 11) is 3.60. The van der Waals surface area contributed by atoms with E-state index in [1.165, 1.54) is 16.8 Å². The van der Waals surface area contributed by atoms with Crippen molar-refractivity contribution in [2.24, 2.45) is 5.16 Å². The monoisotopic (exact) mass is 645 g/mol. The molecule has 1 N–H and O–H groups in total. The van der Waals surface area contributed by atoms with Crippen molar-refractivity contribution < 1.29 is 42.2 Å². The second-order valence-corrected chi connectivity index (χ2v) is 12.3. The molecule has 3 aliphatic heterocycles. The van der Waals surface area contributed by atoms with Gasteiger partial charge in [0, 0.05) is 49.9 Å². The van der Waals surface area contributed by atoms with Gasteiger partial charge in [0.05, 0.1) is 5.71 Å². The van der Waals surface area contributed by atoms with Crippen LogP contribution in [-0.2, 0) is 26.4 Å². The Balaban J connectivity index is 1.55. The molecule has 0 radical (unpaired) electrons. The highest BCUT2D eigenvalue weighted by molar-refractivity contribution is 5.99. The van der Waals surface area contributed by atoms with Crippen LogP contribution in [0, 0.1) is 11.6 Å². The first-order valence-electron chi connectivity index (χ1n) is 14.9. The molecular weight excluding hydrogens is 608 g/mol. The lowest BCUT2D eigenvalue weighted by atomic mass is 9.74. The van der Waals surface area contributed by atoms with Crippen LogP contribution in [0.2, 0.25) is 0 Å². The Morgan fingerprint density at radius 1 is 1.22 bits per heavy atom. The maximum atomic E-state index is 14.3. The molecule has 1 aromatic carbocycles. The van der Waals surface area contributed by atoms with E-state index in [2.05, 4.69) is 10.5 Å². The molecule has 2 aromatic rings. The lowest BCUT2D eigenvalue weighted by molar-refractivity contribution is -0.110. The third-order valence-electron chi connectivity index (χ3n) is 8.87. The summed E-state index contributed by atoms with van der Waals surface area (Å²) in [6, 6.07) is 2.68. The number of oxime groups is 1. The van der Waals surface area contributed by atoms with E-state index in [0.29, 0.717) is 31.9 Å². The first-order valence-corrected chi connectivity index (χ1v) is 14.9. The van der Waals surface area contributed by atoms with E-state index in [-0.39, 0.29) is 37.0 Å². The second kappa shape index (κ2) is 12.7. The molecule has 248 valence electrons. The first-order chi connectivity index (χ1) is 21.8. The number of rotatable bonds is 9. The SMILES string of the molecule is CC1=NO[C@@]2(CC[C@H](C)N3C[C@@]2(C)n2cc(C(=O)NCc4ccc(F)cc4F)c(=O)c(OCOC(=O)OCCN(C)C)c2C3=O)C1. The topological polar surface area (TPSA) is 141 Å². The van der Waals surface area contributed by atoms with Crippen molar-refractivity contribution in [3.8, 4) is 5.75 Å². The summed E-state index contributed by atoms with van der Waals surface area (Å²) >= 11 is 0. The predicted octanol–water partition coefficient (Wildman–Crippen LogP) is 3.00. The quantitative estimate of drug-likeness (QED) is 0.322. The highest BCUT2D eigenvalue weighted by Crippen LogP contribution is 2.50. The van der Waals surface area contributed by atoms with E-state index < -0.39 is 64.3 Å². The Hall–Kier alpha value is -4.53. The van der Waals surface area contributed by atoms with Gasteiger partial charge in [-0.15, -0.1) is 0 Å². The summed E-state index contributed by atoms with van der Waals surface area (Å²) in [6.07, 6.45) is 1.76. The van der Waals surface area contributed by atoms with Gasteiger partial charge in [0.25, 0.3) is 11.8 Å². The summed E-state index contributed by atoms with van der Waals surface area (Å²) in [5, 5.41) is 6.73. The van der Waals surface area contributed by atoms with Gasteiger partial charge in [-0.05, 0) is 53.8 Å². The average molecular weight is 646 g/mol. The molecular formula is C31H37F2N5O8. The highest BCUT2D eigenvalue weighted by atomic mass is 19.1. The molecule has 1 spiro atoms. The van der Waals surface area contributed by atoms with Crippen LogP contribution in [0.25, 0.3) is 0 Å². The number of hydrogen-bond acceptors (Lipinski definition) is 10. The summed E-state index contributed by atoms with van der Waals surface area (Å²) in [4.78, 5) is 63.2. The number of amides is 2. The lowest BCUT2D eigenvalue weighted by Gasteiger charge is -2.50. The van der Waals surface area contributed by atoms with Crippen LogP contribution in [0.15, 0.2) is 34.3 Å². The number of benzene rings is 1. The first kappa shape index (κ1) is 32.9. The van der Waals surface area contributed by atoms with Crippen LogP contribution >= 0.6 is 0 Å². The van der Waals surface area contributed by atoms with E-state index in [0.717, 1.165) is 11.8 Å². The van der Waals surface area contributed by atoms with Gasteiger partial charge >= 0.3 is 6.16 Å². The van der Waals surface area contributed by atoms with Gasteiger partial charge in [0.15, 0.2) is 11.3 Å². The minimum atomic E-state index is -1.05. The number of fused-ring (bicyclic) bond motifs is 5. The molecule has 5 rings (SSSR count). The van der Waals surface area contributed by atoms with E-state index in [4.69, 9.17) is 19.0 Å². The number of halogens is 2. The number of aromatic nitrogens is 1. The fraction of sp³-hybridized carbons (Fsp3) is 0.516. The van der Waals surface area contributed by atoms with Crippen LogP contribution in [0.5, 0.6) is 5.75 Å². The molecule has 1 aromatic heterocycles. The van der Waals surface area contributed by atoms with Gasteiger partial charge in [-0.3, -0.25) is 14.4 Å². The number of nitrogens with zero attached hydrogens (tertiary/aromatic N) is 4. The maximum Gasteiger partial charge on any atom is 0.511 e. The number of carbonyl (C=O) groups excluding carboxylic acids is 3. The predicted molar refractivity (Wildman–Crippen MR) is 160 cm³/mol. The number of carbonyl (C=O) groups is 3. The third-order valence-corrected chi connectivity index (χ3v) is 8.87. The van der Waals surface area contributed by atoms with E-state index >= 15 is 0 Å². The fourth-order valence-corrected chi connectivity index (χ4v) is 6.17. The minimum absolute atomic E-state index is 0.00747. The Bertz CT molecular complexity index is 1650. The van der Waals surface area contributed by atoms with Crippen molar-refractivity contribution in [3.63, 3.8) is 0 Å².